The van der Waals surface area contributed by atoms with Gasteiger partial charge in [-0.1, -0.05) is 12.1 Å². The van der Waals surface area contributed by atoms with Gasteiger partial charge in [-0.2, -0.15) is 4.98 Å². The topological polar surface area (TPSA) is 67.5 Å². The Hall–Kier alpha value is -2.34. The number of hydrogen-bond acceptors (Lipinski definition) is 6. The molecule has 2 aromatic rings. The molecule has 0 spiro atoms. The van der Waals surface area contributed by atoms with Gasteiger partial charge in [0, 0.05) is 44.5 Å². The van der Waals surface area contributed by atoms with Gasteiger partial charge in [-0.15, -0.1) is 0 Å². The van der Waals surface area contributed by atoms with Crippen molar-refractivity contribution in [2.24, 2.45) is 0 Å². The smallest absolute Gasteiger partial charge is 0.222 e. The highest BCUT2D eigenvalue weighted by atomic mass is 16.5. The van der Waals surface area contributed by atoms with Gasteiger partial charge in [-0.3, -0.25) is 4.90 Å². The molecular weight excluding hydrogens is 302 g/mol. The predicted molar refractivity (Wildman–Crippen MR) is 96.5 cm³/mol. The molecule has 0 bridgehead atoms. The van der Waals surface area contributed by atoms with E-state index >= 15 is 0 Å². The molecule has 1 aromatic heterocycles. The van der Waals surface area contributed by atoms with Crippen molar-refractivity contribution >= 4 is 11.8 Å². The fourth-order valence-corrected chi connectivity index (χ4v) is 3.02. The second-order valence-electron chi connectivity index (χ2n) is 6.15. The van der Waals surface area contributed by atoms with E-state index in [4.69, 9.17) is 10.5 Å². The van der Waals surface area contributed by atoms with Gasteiger partial charge in [0.05, 0.1) is 7.11 Å². The molecule has 128 valence electrons. The van der Waals surface area contributed by atoms with Crippen molar-refractivity contribution in [3.8, 4) is 5.75 Å². The Balaban J connectivity index is 1.49. The lowest BCUT2D eigenvalue weighted by Gasteiger charge is -2.35. The van der Waals surface area contributed by atoms with Crippen LogP contribution in [0.5, 0.6) is 5.75 Å². The molecule has 1 saturated heterocycles. The Kier molecular flexibility index (Phi) is 5.15. The number of hydrogen-bond donors (Lipinski definition) is 1. The summed E-state index contributed by atoms with van der Waals surface area (Å²) < 4.78 is 5.20. The molecule has 0 aliphatic carbocycles. The third-order valence-electron chi connectivity index (χ3n) is 4.43. The van der Waals surface area contributed by atoms with E-state index in [1.165, 1.54) is 5.56 Å². The van der Waals surface area contributed by atoms with Gasteiger partial charge in [0.1, 0.15) is 11.6 Å². The summed E-state index contributed by atoms with van der Waals surface area (Å²) >= 11 is 0. The number of piperazine rings is 1. The zero-order chi connectivity index (χ0) is 16.9. The normalized spacial score (nSPS) is 15.5. The number of ether oxygens (including phenoxy) is 1. The monoisotopic (exact) mass is 327 g/mol. The summed E-state index contributed by atoms with van der Waals surface area (Å²) in [5, 5.41) is 0. The minimum absolute atomic E-state index is 0.354. The molecule has 1 fully saturated rings. The van der Waals surface area contributed by atoms with E-state index in [0.717, 1.165) is 56.4 Å². The second kappa shape index (κ2) is 7.49. The number of nitrogen functional groups attached to an aromatic ring is 1. The highest BCUT2D eigenvalue weighted by Crippen LogP contribution is 2.16. The Morgan fingerprint density at radius 1 is 1.08 bits per heavy atom. The summed E-state index contributed by atoms with van der Waals surface area (Å²) in [7, 11) is 1.70. The fraction of sp³-hybridized carbons (Fsp3) is 0.444. The summed E-state index contributed by atoms with van der Waals surface area (Å²) in [5.74, 6) is 2.20. The predicted octanol–water partition coefficient (Wildman–Crippen LogP) is 1.74. The number of nitrogens with two attached hydrogens (primary N) is 1. The Bertz CT molecular complexity index is 645. The van der Waals surface area contributed by atoms with Crippen molar-refractivity contribution in [2.75, 3.05) is 50.5 Å². The number of methoxy groups -OCH3 is 1. The molecule has 2 N–H and O–H groups in total. The van der Waals surface area contributed by atoms with Crippen molar-refractivity contribution in [3.05, 3.63) is 41.6 Å². The van der Waals surface area contributed by atoms with Crippen LogP contribution in [0.2, 0.25) is 0 Å². The number of anilines is 2. The van der Waals surface area contributed by atoms with E-state index in [1.54, 1.807) is 7.11 Å². The summed E-state index contributed by atoms with van der Waals surface area (Å²) in [4.78, 5) is 13.3. The molecule has 1 aliphatic rings. The second-order valence-corrected chi connectivity index (χ2v) is 6.15. The maximum Gasteiger partial charge on any atom is 0.222 e. The van der Waals surface area contributed by atoms with Crippen LogP contribution in [0, 0.1) is 6.92 Å². The van der Waals surface area contributed by atoms with Crippen LogP contribution >= 0.6 is 0 Å². The summed E-state index contributed by atoms with van der Waals surface area (Å²) in [6, 6.07) is 10.3. The van der Waals surface area contributed by atoms with E-state index in [2.05, 4.69) is 31.9 Å². The lowest BCUT2D eigenvalue weighted by Crippen LogP contribution is -2.47. The zero-order valence-electron chi connectivity index (χ0n) is 14.4. The van der Waals surface area contributed by atoms with Crippen molar-refractivity contribution < 1.29 is 4.74 Å². The molecule has 0 unspecified atom stereocenters. The Labute approximate surface area is 143 Å². The average molecular weight is 327 g/mol. The molecule has 0 saturated carbocycles. The maximum absolute atomic E-state index is 5.76. The van der Waals surface area contributed by atoms with E-state index < -0.39 is 0 Å². The van der Waals surface area contributed by atoms with Gasteiger partial charge in [0.15, 0.2) is 0 Å². The van der Waals surface area contributed by atoms with Gasteiger partial charge >= 0.3 is 0 Å². The molecule has 24 heavy (non-hydrogen) atoms. The summed E-state index contributed by atoms with van der Waals surface area (Å²) in [5.41, 5.74) is 8.02. The third kappa shape index (κ3) is 4.14. The van der Waals surface area contributed by atoms with Crippen molar-refractivity contribution in [1.29, 1.82) is 0 Å². The first-order chi connectivity index (χ1) is 11.6. The highest BCUT2D eigenvalue weighted by molar-refractivity contribution is 5.43. The van der Waals surface area contributed by atoms with Crippen LogP contribution in [0.4, 0.5) is 11.8 Å². The van der Waals surface area contributed by atoms with Crippen LogP contribution in [0.3, 0.4) is 0 Å². The maximum atomic E-state index is 5.76. The van der Waals surface area contributed by atoms with E-state index in [9.17, 15) is 0 Å². The summed E-state index contributed by atoms with van der Waals surface area (Å²) in [6.45, 7) is 7.05. The molecule has 6 heteroatoms. The van der Waals surface area contributed by atoms with E-state index in [-0.39, 0.29) is 0 Å². The third-order valence-corrected chi connectivity index (χ3v) is 4.43. The number of aryl methyl sites for hydroxylation is 1. The van der Waals surface area contributed by atoms with Crippen LogP contribution in [0.15, 0.2) is 30.3 Å². The van der Waals surface area contributed by atoms with Gasteiger partial charge in [0.25, 0.3) is 0 Å². The number of aromatic nitrogens is 2. The Morgan fingerprint density at radius 2 is 1.79 bits per heavy atom. The Morgan fingerprint density at radius 3 is 2.42 bits per heavy atom. The summed E-state index contributed by atoms with van der Waals surface area (Å²) in [6.07, 6.45) is 1.06. The molecule has 1 aliphatic heterocycles. The van der Waals surface area contributed by atoms with E-state index in [0.29, 0.717) is 5.95 Å². The van der Waals surface area contributed by atoms with Crippen LogP contribution in [-0.4, -0.2) is 54.7 Å². The van der Waals surface area contributed by atoms with Crippen LogP contribution in [-0.2, 0) is 6.42 Å². The van der Waals surface area contributed by atoms with Crippen molar-refractivity contribution in [1.82, 2.24) is 14.9 Å². The highest BCUT2D eigenvalue weighted by Gasteiger charge is 2.18. The molecule has 2 heterocycles. The van der Waals surface area contributed by atoms with Gasteiger partial charge in [-0.25, -0.2) is 4.98 Å². The van der Waals surface area contributed by atoms with Gasteiger partial charge in [0.2, 0.25) is 5.95 Å². The molecular formula is C18H25N5O. The molecule has 0 radical (unpaired) electrons. The van der Waals surface area contributed by atoms with Gasteiger partial charge < -0.3 is 15.4 Å². The van der Waals surface area contributed by atoms with Crippen LogP contribution < -0.4 is 15.4 Å². The minimum Gasteiger partial charge on any atom is -0.497 e. The molecule has 3 rings (SSSR count). The van der Waals surface area contributed by atoms with E-state index in [1.807, 2.05) is 25.1 Å². The molecule has 0 atom stereocenters. The number of nitrogens with zero attached hydrogens (tertiary/aromatic N) is 4. The molecule has 6 nitrogen and oxygen atoms in total. The minimum atomic E-state index is 0.354. The largest absolute Gasteiger partial charge is 0.497 e. The first-order valence-electron chi connectivity index (χ1n) is 8.35. The SMILES string of the molecule is COc1ccc(CCN2CCN(c3cc(C)nc(N)n3)CC2)cc1. The van der Waals surface area contributed by atoms with Crippen LogP contribution in [0.25, 0.3) is 0 Å². The number of rotatable bonds is 5. The van der Waals surface area contributed by atoms with Crippen LogP contribution in [0.1, 0.15) is 11.3 Å². The first kappa shape index (κ1) is 16.5. The van der Waals surface area contributed by atoms with Gasteiger partial charge in [-0.05, 0) is 31.0 Å². The lowest BCUT2D eigenvalue weighted by atomic mass is 10.1. The zero-order valence-corrected chi connectivity index (χ0v) is 14.4. The molecule has 0 amide bonds. The molecule has 1 aromatic carbocycles. The quantitative estimate of drug-likeness (QED) is 0.902. The number of benzene rings is 1. The van der Waals surface area contributed by atoms with Crippen molar-refractivity contribution in [3.63, 3.8) is 0 Å². The standard InChI is InChI=1S/C18H25N5O/c1-14-13-17(21-18(19)20-14)23-11-9-22(10-12-23)8-7-15-3-5-16(24-2)6-4-15/h3-6,13H,7-12H2,1-2H3,(H2,19,20,21). The first-order valence-corrected chi connectivity index (χ1v) is 8.35. The fourth-order valence-electron chi connectivity index (χ4n) is 3.02. The van der Waals surface area contributed by atoms with Crippen molar-refractivity contribution in [2.45, 2.75) is 13.3 Å². The average Bonchev–Trinajstić information content (AvgIpc) is 2.60. The lowest BCUT2D eigenvalue weighted by molar-refractivity contribution is 0.260.